The first-order valence-corrected chi connectivity index (χ1v) is 5.37. The van der Waals surface area contributed by atoms with Gasteiger partial charge in [0.15, 0.2) is 5.82 Å². The Kier molecular flexibility index (Phi) is 2.97. The van der Waals surface area contributed by atoms with Crippen molar-refractivity contribution in [2.45, 2.75) is 13.5 Å². The monoisotopic (exact) mass is 221 g/mol. The van der Waals surface area contributed by atoms with E-state index in [4.69, 9.17) is 15.7 Å². The van der Waals surface area contributed by atoms with Gasteiger partial charge in [0.2, 0.25) is 0 Å². The maximum Gasteiger partial charge on any atom is 0.171 e. The Morgan fingerprint density at radius 1 is 1.50 bits per heavy atom. The second-order valence-electron chi connectivity index (χ2n) is 3.61. The molecule has 0 amide bonds. The van der Waals surface area contributed by atoms with Crippen molar-refractivity contribution >= 4 is 11.6 Å². The number of nitrogens with zero attached hydrogens (tertiary/aromatic N) is 4. The number of nitrogens with two attached hydrogens (primary N) is 1. The molecule has 0 bridgehead atoms. The third-order valence-electron chi connectivity index (χ3n) is 2.70. The first-order valence-electron chi connectivity index (χ1n) is 5.37. The summed E-state index contributed by atoms with van der Waals surface area (Å²) < 4.78 is 6.92. The van der Waals surface area contributed by atoms with E-state index >= 15 is 0 Å². The van der Waals surface area contributed by atoms with Gasteiger partial charge in [0.1, 0.15) is 17.5 Å². The number of aromatic nitrogens is 2. The molecular formula is C10H15N5O. The number of nitrogen functional groups attached to an aromatic ring is 1. The molecule has 0 saturated carbocycles. The summed E-state index contributed by atoms with van der Waals surface area (Å²) in [5.41, 5.74) is 6.33. The van der Waals surface area contributed by atoms with Crippen LogP contribution < -0.4 is 10.6 Å². The number of anilines is 2. The average molecular weight is 221 g/mol. The topological polar surface area (TPSA) is 80.1 Å². The highest BCUT2D eigenvalue weighted by atomic mass is 16.5. The fraction of sp³-hybridized carbons (Fsp3) is 0.600. The van der Waals surface area contributed by atoms with Gasteiger partial charge in [-0.25, -0.2) is 4.68 Å². The molecule has 1 aliphatic heterocycles. The molecule has 16 heavy (non-hydrogen) atoms. The number of ether oxygens (including phenoxy) is 1. The van der Waals surface area contributed by atoms with Gasteiger partial charge in [-0.2, -0.15) is 10.4 Å². The minimum atomic E-state index is 0.450. The molecule has 86 valence electrons. The van der Waals surface area contributed by atoms with E-state index in [1.807, 2.05) is 11.8 Å². The Hall–Kier alpha value is -1.74. The van der Waals surface area contributed by atoms with Crippen LogP contribution in [0.5, 0.6) is 0 Å². The minimum absolute atomic E-state index is 0.450. The van der Waals surface area contributed by atoms with Crippen molar-refractivity contribution in [1.82, 2.24) is 9.78 Å². The van der Waals surface area contributed by atoms with Crippen LogP contribution in [0.25, 0.3) is 0 Å². The molecule has 6 heteroatoms. The second-order valence-corrected chi connectivity index (χ2v) is 3.61. The standard InChI is InChI=1S/C10H15N5O/c1-2-15-9(12)8(7-11)10(13-15)14-3-5-16-6-4-14/h2-6,12H2,1H3. The molecule has 2 N–H and O–H groups in total. The predicted octanol–water partition coefficient (Wildman–Crippen LogP) is 0.193. The summed E-state index contributed by atoms with van der Waals surface area (Å²) in [5, 5.41) is 13.5. The predicted molar refractivity (Wildman–Crippen MR) is 60.1 cm³/mol. The van der Waals surface area contributed by atoms with Gasteiger partial charge >= 0.3 is 0 Å². The second kappa shape index (κ2) is 4.41. The van der Waals surface area contributed by atoms with Crippen LogP contribution in [0.2, 0.25) is 0 Å². The van der Waals surface area contributed by atoms with Crippen LogP contribution in [0.1, 0.15) is 12.5 Å². The van der Waals surface area contributed by atoms with E-state index in [2.05, 4.69) is 11.2 Å². The van der Waals surface area contributed by atoms with Gasteiger partial charge in [-0.1, -0.05) is 0 Å². The Labute approximate surface area is 94.2 Å². The summed E-state index contributed by atoms with van der Waals surface area (Å²) in [6, 6.07) is 2.13. The zero-order valence-electron chi connectivity index (χ0n) is 9.31. The third-order valence-corrected chi connectivity index (χ3v) is 2.70. The molecule has 2 heterocycles. The highest BCUT2D eigenvalue weighted by molar-refractivity contribution is 5.65. The van der Waals surface area contributed by atoms with Crippen molar-refractivity contribution in [1.29, 1.82) is 5.26 Å². The van der Waals surface area contributed by atoms with Crippen LogP contribution in [0.4, 0.5) is 11.6 Å². The molecule has 0 radical (unpaired) electrons. The smallest absolute Gasteiger partial charge is 0.171 e. The SMILES string of the molecule is CCn1nc(N2CCOCC2)c(C#N)c1N. The zero-order chi connectivity index (χ0) is 11.5. The van der Waals surface area contributed by atoms with E-state index in [9.17, 15) is 0 Å². The molecule has 0 atom stereocenters. The van der Waals surface area contributed by atoms with E-state index in [1.165, 1.54) is 0 Å². The molecule has 0 unspecified atom stereocenters. The molecule has 0 aromatic carbocycles. The molecule has 6 nitrogen and oxygen atoms in total. The number of morpholine rings is 1. The fourth-order valence-corrected chi connectivity index (χ4v) is 1.81. The van der Waals surface area contributed by atoms with Gasteiger partial charge in [0.25, 0.3) is 0 Å². The van der Waals surface area contributed by atoms with Crippen molar-refractivity contribution in [3.63, 3.8) is 0 Å². The van der Waals surface area contributed by atoms with Gasteiger partial charge in [-0.15, -0.1) is 0 Å². The molecule has 0 aliphatic carbocycles. The van der Waals surface area contributed by atoms with E-state index in [0.717, 1.165) is 13.1 Å². The highest BCUT2D eigenvalue weighted by Crippen LogP contribution is 2.24. The molecule has 1 aliphatic rings. The number of hydrogen-bond acceptors (Lipinski definition) is 5. The van der Waals surface area contributed by atoms with Gasteiger partial charge in [-0.05, 0) is 6.92 Å². The van der Waals surface area contributed by atoms with Gasteiger partial charge in [-0.3, -0.25) is 0 Å². The lowest BCUT2D eigenvalue weighted by Crippen LogP contribution is -2.37. The molecule has 0 spiro atoms. The summed E-state index contributed by atoms with van der Waals surface area (Å²) in [5.74, 6) is 1.14. The summed E-state index contributed by atoms with van der Waals surface area (Å²) in [7, 11) is 0. The normalized spacial score (nSPS) is 16.1. The van der Waals surface area contributed by atoms with Crippen molar-refractivity contribution in [3.8, 4) is 6.07 Å². The van der Waals surface area contributed by atoms with Crippen molar-refractivity contribution < 1.29 is 4.74 Å². The number of nitriles is 1. The summed E-state index contributed by atoms with van der Waals surface area (Å²) in [4.78, 5) is 2.05. The summed E-state index contributed by atoms with van der Waals surface area (Å²) in [6.45, 7) is 5.48. The van der Waals surface area contributed by atoms with Crippen LogP contribution in [0, 0.1) is 11.3 Å². The lowest BCUT2D eigenvalue weighted by atomic mass is 10.3. The van der Waals surface area contributed by atoms with Gasteiger partial charge in [0, 0.05) is 19.6 Å². The van der Waals surface area contributed by atoms with Crippen LogP contribution in [0.15, 0.2) is 0 Å². The van der Waals surface area contributed by atoms with Crippen LogP contribution in [-0.2, 0) is 11.3 Å². The fourth-order valence-electron chi connectivity index (χ4n) is 1.81. The van der Waals surface area contributed by atoms with Gasteiger partial charge in [0.05, 0.1) is 13.2 Å². The van der Waals surface area contributed by atoms with Crippen LogP contribution >= 0.6 is 0 Å². The average Bonchev–Trinajstić information content (AvgIpc) is 2.66. The first kappa shape index (κ1) is 10.8. The lowest BCUT2D eigenvalue weighted by Gasteiger charge is -2.26. The van der Waals surface area contributed by atoms with Crippen LogP contribution in [0.3, 0.4) is 0 Å². The molecule has 1 fully saturated rings. The Morgan fingerprint density at radius 3 is 2.75 bits per heavy atom. The van der Waals surface area contributed by atoms with Gasteiger partial charge < -0.3 is 15.4 Å². The van der Waals surface area contributed by atoms with Crippen molar-refractivity contribution in [2.75, 3.05) is 36.9 Å². The Morgan fingerprint density at radius 2 is 2.19 bits per heavy atom. The van der Waals surface area contributed by atoms with E-state index < -0.39 is 0 Å². The zero-order valence-corrected chi connectivity index (χ0v) is 9.31. The quantitative estimate of drug-likeness (QED) is 0.771. The molecule has 1 saturated heterocycles. The molecule has 1 aromatic heterocycles. The maximum atomic E-state index is 9.10. The molecular weight excluding hydrogens is 206 g/mol. The summed E-state index contributed by atoms with van der Waals surface area (Å²) in [6.07, 6.45) is 0. The number of aryl methyl sites for hydroxylation is 1. The third kappa shape index (κ3) is 1.70. The largest absolute Gasteiger partial charge is 0.383 e. The maximum absolute atomic E-state index is 9.10. The number of rotatable bonds is 2. The van der Waals surface area contributed by atoms with E-state index in [0.29, 0.717) is 37.0 Å². The highest BCUT2D eigenvalue weighted by Gasteiger charge is 2.21. The molecule has 2 rings (SSSR count). The van der Waals surface area contributed by atoms with E-state index in [1.54, 1.807) is 4.68 Å². The number of hydrogen-bond donors (Lipinski definition) is 1. The van der Waals surface area contributed by atoms with Crippen molar-refractivity contribution in [3.05, 3.63) is 5.56 Å². The Balaban J connectivity index is 2.35. The minimum Gasteiger partial charge on any atom is -0.383 e. The van der Waals surface area contributed by atoms with Crippen LogP contribution in [-0.4, -0.2) is 36.1 Å². The van der Waals surface area contributed by atoms with Crippen molar-refractivity contribution in [2.24, 2.45) is 0 Å². The first-order chi connectivity index (χ1) is 7.77. The lowest BCUT2D eigenvalue weighted by molar-refractivity contribution is 0.122. The Bertz CT molecular complexity index is 414. The van der Waals surface area contributed by atoms with E-state index in [-0.39, 0.29) is 0 Å². The summed E-state index contributed by atoms with van der Waals surface area (Å²) >= 11 is 0. The molecule has 1 aromatic rings.